The van der Waals surface area contributed by atoms with Crippen molar-refractivity contribution in [2.24, 2.45) is 5.92 Å². The fourth-order valence-corrected chi connectivity index (χ4v) is 2.52. The molecule has 1 aromatic heterocycles. The average Bonchev–Trinajstić information content (AvgIpc) is 3.26. The number of hydrogen-bond acceptors (Lipinski definition) is 3. The highest BCUT2D eigenvalue weighted by Gasteiger charge is 2.33. The molecule has 1 aromatic rings. The number of aliphatic hydroxyl groups excluding tert-OH is 1. The maximum Gasteiger partial charge on any atom is 0.270 e. The Bertz CT molecular complexity index is 658. The number of fused-ring (bicyclic) bond motifs is 3. The van der Waals surface area contributed by atoms with Gasteiger partial charge < -0.3 is 10.4 Å². The fraction of sp³-hybridized carbons (Fsp3) is 0.385. The van der Waals surface area contributed by atoms with E-state index in [2.05, 4.69) is 15.5 Å². The SMILES string of the molecule is O=C(N[C@H](CO)C1CC1)c1[nH]nc2c3cc-3cc12. The van der Waals surface area contributed by atoms with Crippen molar-refractivity contribution in [3.8, 4) is 11.1 Å². The van der Waals surface area contributed by atoms with Gasteiger partial charge in [0.25, 0.3) is 5.91 Å². The highest BCUT2D eigenvalue weighted by Crippen LogP contribution is 2.43. The third-order valence-electron chi connectivity index (χ3n) is 3.82. The Hall–Kier alpha value is -1.88. The number of H-pyrrole nitrogens is 1. The summed E-state index contributed by atoms with van der Waals surface area (Å²) in [7, 11) is 0. The maximum absolute atomic E-state index is 12.1. The second kappa shape index (κ2) is 3.32. The molecular formula is C13H13N3O2. The van der Waals surface area contributed by atoms with Gasteiger partial charge in [0.1, 0.15) is 11.2 Å². The predicted molar refractivity (Wildman–Crippen MR) is 66.2 cm³/mol. The van der Waals surface area contributed by atoms with Crippen LogP contribution < -0.4 is 5.32 Å². The number of nitrogens with one attached hydrogen (secondary N) is 2. The Morgan fingerprint density at radius 1 is 1.56 bits per heavy atom. The number of carbonyl (C=O) groups excluding carboxylic acids is 1. The zero-order chi connectivity index (χ0) is 12.3. The highest BCUT2D eigenvalue weighted by molar-refractivity contribution is 6.14. The van der Waals surface area contributed by atoms with Gasteiger partial charge in [-0.1, -0.05) is 0 Å². The molecular weight excluding hydrogens is 230 g/mol. The number of hydrogen-bond donors (Lipinski definition) is 3. The fourth-order valence-electron chi connectivity index (χ4n) is 2.52. The highest BCUT2D eigenvalue weighted by atomic mass is 16.3. The Labute approximate surface area is 103 Å². The van der Waals surface area contributed by atoms with E-state index < -0.39 is 0 Å². The molecule has 1 heterocycles. The number of rotatable bonds is 4. The van der Waals surface area contributed by atoms with E-state index in [1.165, 1.54) is 5.56 Å². The molecule has 1 fully saturated rings. The van der Waals surface area contributed by atoms with Crippen LogP contribution in [0, 0.1) is 5.92 Å². The van der Waals surface area contributed by atoms with Crippen LogP contribution in [0.15, 0.2) is 12.1 Å². The summed E-state index contributed by atoms with van der Waals surface area (Å²) in [6, 6.07) is 3.90. The molecule has 0 aliphatic heterocycles. The molecule has 1 atom stereocenters. The first-order valence-electron chi connectivity index (χ1n) is 6.22. The molecule has 5 heteroatoms. The van der Waals surface area contributed by atoms with E-state index in [-0.39, 0.29) is 18.6 Å². The van der Waals surface area contributed by atoms with Crippen LogP contribution in [0.3, 0.4) is 0 Å². The summed E-state index contributed by atoms with van der Waals surface area (Å²) in [6.07, 6.45) is 2.17. The van der Waals surface area contributed by atoms with Crippen LogP contribution in [0.25, 0.3) is 22.0 Å². The summed E-state index contributed by atoms with van der Waals surface area (Å²) in [6.45, 7) is -0.00102. The third-order valence-corrected chi connectivity index (χ3v) is 3.82. The van der Waals surface area contributed by atoms with Gasteiger partial charge in [0.15, 0.2) is 0 Å². The first-order valence-corrected chi connectivity index (χ1v) is 6.22. The molecule has 1 amide bonds. The van der Waals surface area contributed by atoms with Crippen molar-refractivity contribution < 1.29 is 9.90 Å². The quantitative estimate of drug-likeness (QED) is 0.640. The Morgan fingerprint density at radius 3 is 3.11 bits per heavy atom. The van der Waals surface area contributed by atoms with Crippen molar-refractivity contribution >= 4 is 16.8 Å². The lowest BCUT2D eigenvalue weighted by molar-refractivity contribution is 0.0904. The first kappa shape index (κ1) is 10.1. The van der Waals surface area contributed by atoms with Gasteiger partial charge in [0, 0.05) is 10.9 Å². The van der Waals surface area contributed by atoms with Gasteiger partial charge >= 0.3 is 0 Å². The molecule has 0 bridgehead atoms. The standard InChI is InChI=1S/C13H13N3O2/c17-5-10(6-1-2-6)14-13(18)12-9-4-7-3-8(7)11(9)15-16-12/h3-4,6,10,17H,1-2,5H2,(H,14,18)(H,15,16)/t10-/m1/s1. The number of carbonyl (C=O) groups is 1. The molecule has 3 aliphatic rings. The van der Waals surface area contributed by atoms with Crippen molar-refractivity contribution in [2.45, 2.75) is 18.9 Å². The molecule has 0 aromatic carbocycles. The Kier molecular flexibility index (Phi) is 1.86. The monoisotopic (exact) mass is 243 g/mol. The summed E-state index contributed by atoms with van der Waals surface area (Å²) in [5.41, 5.74) is 3.70. The predicted octanol–water partition coefficient (Wildman–Crippen LogP) is 1.04. The van der Waals surface area contributed by atoms with Gasteiger partial charge in [0.05, 0.1) is 12.6 Å². The van der Waals surface area contributed by atoms with Gasteiger partial charge in [0.2, 0.25) is 0 Å². The van der Waals surface area contributed by atoms with Crippen molar-refractivity contribution in [3.63, 3.8) is 0 Å². The Morgan fingerprint density at radius 2 is 2.39 bits per heavy atom. The van der Waals surface area contributed by atoms with E-state index in [1.54, 1.807) is 0 Å². The second-order valence-corrected chi connectivity index (χ2v) is 5.12. The van der Waals surface area contributed by atoms with Crippen LogP contribution in [0.2, 0.25) is 0 Å². The smallest absolute Gasteiger partial charge is 0.270 e. The molecule has 18 heavy (non-hydrogen) atoms. The molecule has 5 nitrogen and oxygen atoms in total. The van der Waals surface area contributed by atoms with E-state index >= 15 is 0 Å². The summed E-state index contributed by atoms with van der Waals surface area (Å²) >= 11 is 0. The maximum atomic E-state index is 12.1. The lowest BCUT2D eigenvalue weighted by atomic mass is 10.2. The Balaban J connectivity index is 1.61. The van der Waals surface area contributed by atoms with E-state index in [1.807, 2.05) is 12.1 Å². The molecule has 0 unspecified atom stereocenters. The number of amides is 1. The zero-order valence-electron chi connectivity index (χ0n) is 9.73. The summed E-state index contributed by atoms with van der Waals surface area (Å²) in [4.78, 5) is 12.1. The number of aliphatic hydroxyl groups is 1. The largest absolute Gasteiger partial charge is 0.394 e. The lowest BCUT2D eigenvalue weighted by Crippen LogP contribution is -2.39. The van der Waals surface area contributed by atoms with Crippen LogP contribution in [0.5, 0.6) is 0 Å². The van der Waals surface area contributed by atoms with Gasteiger partial charge in [-0.15, -0.1) is 0 Å². The molecule has 0 saturated heterocycles. The molecule has 4 rings (SSSR count). The molecule has 0 spiro atoms. The second-order valence-electron chi connectivity index (χ2n) is 5.12. The number of nitrogens with zero attached hydrogens (tertiary/aromatic N) is 1. The molecule has 3 N–H and O–H groups in total. The van der Waals surface area contributed by atoms with E-state index in [0.29, 0.717) is 11.6 Å². The van der Waals surface area contributed by atoms with Crippen molar-refractivity contribution in [1.29, 1.82) is 0 Å². The summed E-state index contributed by atoms with van der Waals surface area (Å²) in [5, 5.41) is 20.0. The van der Waals surface area contributed by atoms with Crippen LogP contribution in [0.1, 0.15) is 23.3 Å². The van der Waals surface area contributed by atoms with Crippen LogP contribution in [-0.2, 0) is 0 Å². The minimum absolute atomic E-state index is 0.00102. The first-order chi connectivity index (χ1) is 8.78. The van der Waals surface area contributed by atoms with Crippen molar-refractivity contribution in [3.05, 3.63) is 17.8 Å². The molecule has 0 radical (unpaired) electrons. The van der Waals surface area contributed by atoms with Gasteiger partial charge in [-0.25, -0.2) is 0 Å². The lowest BCUT2D eigenvalue weighted by Gasteiger charge is -2.14. The summed E-state index contributed by atoms with van der Waals surface area (Å²) < 4.78 is 0. The minimum Gasteiger partial charge on any atom is -0.394 e. The van der Waals surface area contributed by atoms with E-state index in [9.17, 15) is 9.90 Å². The van der Waals surface area contributed by atoms with Gasteiger partial charge in [-0.3, -0.25) is 9.89 Å². The normalized spacial score (nSPS) is 17.8. The van der Waals surface area contributed by atoms with Crippen molar-refractivity contribution in [1.82, 2.24) is 15.5 Å². The molecule has 1 saturated carbocycles. The molecule has 92 valence electrons. The van der Waals surface area contributed by atoms with E-state index in [4.69, 9.17) is 0 Å². The van der Waals surface area contributed by atoms with Crippen LogP contribution >= 0.6 is 0 Å². The number of benzene rings is 1. The number of aromatic nitrogens is 2. The zero-order valence-corrected chi connectivity index (χ0v) is 9.73. The van der Waals surface area contributed by atoms with E-state index in [0.717, 1.165) is 29.3 Å². The van der Waals surface area contributed by atoms with Gasteiger partial charge in [-0.05, 0) is 36.5 Å². The average molecular weight is 243 g/mol. The van der Waals surface area contributed by atoms with Crippen LogP contribution in [-0.4, -0.2) is 33.9 Å². The minimum atomic E-state index is -0.173. The van der Waals surface area contributed by atoms with Crippen LogP contribution in [0.4, 0.5) is 0 Å². The third kappa shape index (κ3) is 1.37. The topological polar surface area (TPSA) is 78.0 Å². The summed E-state index contributed by atoms with van der Waals surface area (Å²) in [5.74, 6) is 0.262. The number of aromatic amines is 1. The van der Waals surface area contributed by atoms with Gasteiger partial charge in [-0.2, -0.15) is 5.10 Å². The molecule has 3 aliphatic carbocycles. The van der Waals surface area contributed by atoms with Crippen molar-refractivity contribution in [2.75, 3.05) is 6.61 Å².